The van der Waals surface area contributed by atoms with Crippen LogP contribution < -0.4 is 0 Å². The third kappa shape index (κ3) is 17.7. The minimum atomic E-state index is -5.14. The summed E-state index contributed by atoms with van der Waals surface area (Å²) in [5.41, 5.74) is 0. The molecular formula is C19H38O. The highest BCUT2D eigenvalue weighted by Gasteiger charge is 1.95. The molecule has 0 aromatic carbocycles. The summed E-state index contributed by atoms with van der Waals surface area (Å²) in [6, 6.07) is 0. The van der Waals surface area contributed by atoms with Crippen molar-refractivity contribution in [2.75, 3.05) is 0 Å². The Morgan fingerprint density at radius 3 is 1.40 bits per heavy atom. The quantitative estimate of drug-likeness (QED) is 0.305. The molecule has 0 fully saturated rings. The maximum atomic E-state index is 11.5. The standard InChI is InChI=1S/C19H38O/c1-3-4-5-6-7-8-9-10-11-12-13-14-15-16-17-18-19(2)20/h3-18H2,1-2H3/i1D3,3D2,4D2,5D2,6D2,7D2,8D2,9D2,10D2,11D2,12D2,13D2,14D2,15D2,16D2,17D2. The molecule has 1 nitrogen and oxygen atoms in total. The second kappa shape index (κ2) is 16.7. The van der Waals surface area contributed by atoms with Crippen LogP contribution in [0.2, 0.25) is 0 Å². The smallest absolute Gasteiger partial charge is 0.129 e. The van der Waals surface area contributed by atoms with Crippen LogP contribution in [0.1, 0.15) is 161 Å². The van der Waals surface area contributed by atoms with Crippen molar-refractivity contribution in [1.82, 2.24) is 0 Å². The van der Waals surface area contributed by atoms with Gasteiger partial charge in [-0.2, -0.15) is 0 Å². The number of carbonyl (C=O) groups is 1. The zero-order valence-electron chi connectivity index (χ0n) is 43.6. The predicted octanol–water partition coefficient (Wildman–Crippen LogP) is 6.84. The van der Waals surface area contributed by atoms with Crippen molar-refractivity contribution in [2.45, 2.75) is 116 Å². The molecule has 0 rings (SSSR count). The van der Waals surface area contributed by atoms with E-state index in [0.29, 0.717) is 6.92 Å². The molecule has 0 spiro atoms. The molecule has 0 atom stereocenters. The van der Waals surface area contributed by atoms with Crippen molar-refractivity contribution in [3.05, 3.63) is 0 Å². The van der Waals surface area contributed by atoms with Gasteiger partial charge in [-0.15, -0.1) is 0 Å². The van der Waals surface area contributed by atoms with E-state index in [0.717, 1.165) is 0 Å². The van der Waals surface area contributed by atoms with Gasteiger partial charge in [-0.3, -0.25) is 0 Å². The fourth-order valence-corrected chi connectivity index (χ4v) is 0.588. The van der Waals surface area contributed by atoms with Gasteiger partial charge >= 0.3 is 0 Å². The normalized spacial score (nSPS) is 46.8. The van der Waals surface area contributed by atoms with Crippen molar-refractivity contribution < 1.29 is 50.0 Å². The van der Waals surface area contributed by atoms with Gasteiger partial charge in [-0.25, -0.2) is 0 Å². The van der Waals surface area contributed by atoms with E-state index in [2.05, 4.69) is 0 Å². The molecule has 0 bridgehead atoms. The molecule has 0 aliphatic carbocycles. The van der Waals surface area contributed by atoms with Crippen molar-refractivity contribution >= 4 is 5.78 Å². The van der Waals surface area contributed by atoms with Crippen LogP contribution in [0.3, 0.4) is 0 Å². The van der Waals surface area contributed by atoms with Crippen LogP contribution in [0.4, 0.5) is 0 Å². The van der Waals surface area contributed by atoms with Crippen LogP contribution in [-0.2, 0) is 4.79 Å². The molecule has 0 saturated heterocycles. The Kier molecular flexibility index (Phi) is 2.15. The van der Waals surface area contributed by atoms with Crippen LogP contribution >= 0.6 is 0 Å². The first-order chi connectivity index (χ1) is 22.2. The third-order valence-electron chi connectivity index (χ3n) is 1.24. The Labute approximate surface area is 174 Å². The van der Waals surface area contributed by atoms with Crippen molar-refractivity contribution in [3.63, 3.8) is 0 Å². The van der Waals surface area contributed by atoms with Crippen molar-refractivity contribution in [1.29, 1.82) is 0 Å². The Bertz CT molecular complexity index is 1360. The molecule has 120 valence electrons. The number of hydrogen-bond donors (Lipinski definition) is 0. The van der Waals surface area contributed by atoms with Gasteiger partial charge in [-0.05, 0) is 13.3 Å². The maximum Gasteiger partial charge on any atom is 0.129 e. The van der Waals surface area contributed by atoms with Crippen LogP contribution in [0.15, 0.2) is 0 Å². The highest BCUT2D eigenvalue weighted by molar-refractivity contribution is 5.75. The van der Waals surface area contributed by atoms with Crippen molar-refractivity contribution in [2.24, 2.45) is 0 Å². The van der Waals surface area contributed by atoms with E-state index in [1.807, 2.05) is 0 Å². The molecular weight excluding hydrogens is 244 g/mol. The van der Waals surface area contributed by atoms with Gasteiger partial charge < -0.3 is 4.79 Å². The first-order valence-corrected chi connectivity index (χ1v) is 5.16. The summed E-state index contributed by atoms with van der Waals surface area (Å²) in [4.78, 5) is 11.5. The molecule has 0 aliphatic rings. The van der Waals surface area contributed by atoms with Crippen molar-refractivity contribution in [3.8, 4) is 0 Å². The van der Waals surface area contributed by atoms with E-state index in [4.69, 9.17) is 45.2 Å². The second-order valence-corrected chi connectivity index (χ2v) is 2.81. The topological polar surface area (TPSA) is 17.1 Å². The van der Waals surface area contributed by atoms with Gasteiger partial charge in [0, 0.05) is 51.7 Å². The van der Waals surface area contributed by atoms with Crippen LogP contribution in [-0.4, -0.2) is 5.78 Å². The molecule has 0 amide bonds. The minimum Gasteiger partial charge on any atom is -0.300 e. The maximum absolute atomic E-state index is 11.5. The number of ketones is 1. The summed E-state index contributed by atoms with van der Waals surface area (Å²) in [5.74, 6) is -1.13. The third-order valence-corrected chi connectivity index (χ3v) is 1.24. The summed E-state index contributed by atoms with van der Waals surface area (Å²) < 4.78 is 264. The minimum absolute atomic E-state index is 0.715. The monoisotopic (exact) mass is 315 g/mol. The average molecular weight is 316 g/mol. The first kappa shape index (κ1) is 2.57. The molecule has 0 aromatic heterocycles. The average Bonchev–Trinajstić information content (AvgIpc) is 2.89. The van der Waals surface area contributed by atoms with Gasteiger partial charge in [0.25, 0.3) is 0 Å². The molecule has 0 heterocycles. The predicted molar refractivity (Wildman–Crippen MR) is 90.2 cm³/mol. The second-order valence-electron chi connectivity index (χ2n) is 2.81. The molecule has 1 heteroatoms. The molecule has 0 radical (unpaired) electrons. The van der Waals surface area contributed by atoms with Gasteiger partial charge in [0.1, 0.15) is 5.78 Å². The summed E-state index contributed by atoms with van der Waals surface area (Å²) >= 11 is 0. The zero-order valence-corrected chi connectivity index (χ0v) is 10.6. The molecule has 0 N–H and O–H groups in total. The largest absolute Gasteiger partial charge is 0.300 e. The van der Waals surface area contributed by atoms with E-state index in [-0.39, 0.29) is 0 Å². The van der Waals surface area contributed by atoms with E-state index >= 15 is 0 Å². The summed E-state index contributed by atoms with van der Waals surface area (Å²) in [5, 5.41) is 0. The molecule has 0 unspecified atom stereocenters. The SMILES string of the molecule is [2H]C([2H])([2H])C([2H])([2H])C([2H])([2H])C([2H])([2H])C([2H])([2H])C([2H])([2H])C([2H])([2H])C([2H])([2H])C([2H])([2H])C([2H])([2H])C([2H])([2H])C([2H])([2H])C([2H])([2H])C([2H])([2H])C([2H])([2H])C([2H])([2H])CC(C)=O. The van der Waals surface area contributed by atoms with Gasteiger partial charge in [-0.1, -0.05) is 96.1 Å². The lowest BCUT2D eigenvalue weighted by Gasteiger charge is -2.03. The molecule has 0 aliphatic heterocycles. The molecule has 0 saturated carbocycles. The molecule has 0 aromatic rings. The van der Waals surface area contributed by atoms with Gasteiger partial charge in [0.15, 0.2) is 0 Å². The first-order valence-electron chi connectivity index (χ1n) is 21.7. The lowest BCUT2D eigenvalue weighted by atomic mass is 10.0. The summed E-state index contributed by atoms with van der Waals surface area (Å²) in [6.45, 7) is -3.40. The number of carbonyl (C=O) groups excluding carboxylic acids is 1. The van der Waals surface area contributed by atoms with Crippen LogP contribution in [0.25, 0.3) is 0 Å². The highest BCUT2D eigenvalue weighted by Crippen LogP contribution is 2.13. The Hall–Kier alpha value is -0.330. The van der Waals surface area contributed by atoms with Crippen LogP contribution in [0.5, 0.6) is 0 Å². The summed E-state index contributed by atoms with van der Waals surface area (Å²) in [6.07, 6.45) is -73.5. The van der Waals surface area contributed by atoms with E-state index in [1.54, 1.807) is 0 Å². The lowest BCUT2D eigenvalue weighted by molar-refractivity contribution is -0.117. The fraction of sp³-hybridized carbons (Fsp3) is 0.947. The zero-order chi connectivity index (χ0) is 44.3. The Morgan fingerprint density at radius 1 is 0.700 bits per heavy atom. The molecule has 20 heavy (non-hydrogen) atoms. The number of Topliss-reactive ketones (excluding diaryl/α,β-unsaturated/α-hetero) is 1. The van der Waals surface area contributed by atoms with E-state index in [9.17, 15) is 4.79 Å². The lowest BCUT2D eigenvalue weighted by Crippen LogP contribution is -1.89. The van der Waals surface area contributed by atoms with Gasteiger partial charge in [0.05, 0.1) is 0 Å². The van der Waals surface area contributed by atoms with E-state index < -0.39 is 115 Å². The Morgan fingerprint density at radius 2 is 1.05 bits per heavy atom. The number of rotatable bonds is 16. The van der Waals surface area contributed by atoms with Gasteiger partial charge in [0.2, 0.25) is 0 Å². The Balaban J connectivity index is 7.73. The van der Waals surface area contributed by atoms with E-state index in [1.165, 1.54) is 0 Å². The van der Waals surface area contributed by atoms with Crippen LogP contribution in [0, 0.1) is 0 Å². The highest BCUT2D eigenvalue weighted by atomic mass is 16.1. The summed E-state index contributed by atoms with van der Waals surface area (Å²) in [7, 11) is 0. The number of hydrogen-bond acceptors (Lipinski definition) is 1. The fourth-order valence-electron chi connectivity index (χ4n) is 0.588.